The number of thioether (sulfide) groups is 1. The Morgan fingerprint density at radius 3 is 1.63 bits per heavy atom. The number of likely N-dealkylation sites (N-methyl/N-ethyl adjacent to an activating group) is 3. The molecule has 132 heavy (non-hydrogen) atoms. The van der Waals surface area contributed by atoms with Crippen molar-refractivity contribution in [2.45, 2.75) is 233 Å². The van der Waals surface area contributed by atoms with Crippen molar-refractivity contribution in [2.24, 2.45) is 28.7 Å². The molecule has 42 nitrogen and oxygen atoms in total. The van der Waals surface area contributed by atoms with E-state index in [1.165, 1.54) is 40.1 Å². The normalized spacial score (nSPS) is 25.1. The van der Waals surface area contributed by atoms with E-state index in [2.05, 4.69) is 63.1 Å². The predicted molar refractivity (Wildman–Crippen MR) is 489 cm³/mol. The summed E-state index contributed by atoms with van der Waals surface area (Å²) in [4.78, 5) is 261. The van der Waals surface area contributed by atoms with Gasteiger partial charge in [-0.1, -0.05) is 88.1 Å². The molecule has 3 fully saturated rings. The highest BCUT2D eigenvalue weighted by atomic mass is 32.2. The number of aliphatic hydroxyl groups is 1. The third kappa shape index (κ3) is 29.1. The minimum Gasteiger partial charge on any atom is -0.497 e. The molecule has 3 aliphatic rings. The van der Waals surface area contributed by atoms with Crippen molar-refractivity contribution in [3.8, 4) is 5.75 Å². The first-order chi connectivity index (χ1) is 63.1. The largest absolute Gasteiger partial charge is 0.497 e. The van der Waals surface area contributed by atoms with Gasteiger partial charge in [-0.25, -0.2) is 0 Å². The first-order valence-corrected chi connectivity index (χ1v) is 46.0. The Morgan fingerprint density at radius 1 is 0.508 bits per heavy atom. The van der Waals surface area contributed by atoms with Crippen LogP contribution in [0.4, 0.5) is 0 Å². The van der Waals surface area contributed by atoms with Crippen LogP contribution in [0.5, 0.6) is 5.75 Å². The summed E-state index contributed by atoms with van der Waals surface area (Å²) in [5.41, 5.74) is 32.3. The number of aliphatic carboxylic acids is 1. The number of hydrogen-bond donors (Lipinski definition) is 19. The highest BCUT2D eigenvalue weighted by molar-refractivity contribution is 8.00. The number of H-pyrrole nitrogens is 2. The van der Waals surface area contributed by atoms with Crippen molar-refractivity contribution < 1.29 is 96.5 Å². The maximum absolute atomic E-state index is 15.8. The number of rotatable bonds is 28. The fourth-order valence-corrected chi connectivity index (χ4v) is 17.2. The number of carbonyl (C=O) groups excluding carboxylic acids is 16. The third-order valence-electron chi connectivity index (χ3n) is 24.0. The number of unbranched alkanes of at least 4 members (excludes halogenated alkanes) is 3. The standard InChI is InChI=1S/C89H130N22O20S/c1-8-10-26-69-82(123)99-60(25-18-35-91)78(119)106-68(77(118)97-46-73(94)113)48-132-49-74(114)98-65(38-51-29-31-55(131-7)32-30-51)85(126)107(4)50(3)76(117)100-62(33-36-92)87(128)110-37-19-28-70(110)83(124)105-67(43-93)81(122)101-61(24-16-17-34-90)88(129)111-47-54(112)41-72(111)84(125)103-63(39-52-44-95-58-22-14-12-20-56(52)58)79(120)102-64(42-75(115)116)80(121)104-66(40-53-45-96-59-23-15-13-21-57(53)59)86(127)109(6)71(27-11-9-2)89(130)108(69)5/h12-15,20-23,29-32,44-45,50,54,60-72,95-96,112H,8-11,16-19,24-28,33-43,46-49,90-93H2,1-7H3,(H2,94,113)(H,97,118)(H,98,114)(H,99,123)(H,100,117)(H,101,122)(H,102,120)(H,103,125)(H,104,121)(H,105,124)(H,106,119)(H,115,116)/t50-,54+,60-,61-,62-,63-,64-,65-,66-,67-,68-,69-,70-,71-,72-/m0/s1. The summed E-state index contributed by atoms with van der Waals surface area (Å²) in [6, 6.07) is -0.844. The molecule has 3 aliphatic heterocycles. The second kappa shape index (κ2) is 51.5. The van der Waals surface area contributed by atoms with E-state index in [0.717, 1.165) is 31.4 Å². The highest BCUT2D eigenvalue weighted by Gasteiger charge is 2.46. The SMILES string of the molecule is CCCC[C@H]1C(=O)N(C)[C@@H](CCCC)C(=O)N[C@@H](CCCN)C(=O)N[C@H](C(=O)NCC(N)=O)CSCC(=O)N[C@@H](Cc2ccc(OC)cc2)C(=O)N(C)[C@@H](C)C(=O)N[C@@H](CCN)C(=O)N2CCC[C@H]2C(=O)N[C@@H](CN)C(=O)N[C@@H](CCCCN)C(=O)N2C[C@H](O)C[C@H]2C(=O)N[C@@H](Cc2c[nH]c3ccccc23)C(=O)N[C@@H](CC(=O)O)C(=O)N[C@@H](Cc2c[nH]c3ccccc23)C(=O)N1C. The summed E-state index contributed by atoms with van der Waals surface area (Å²) in [6.45, 7) is 3.29. The molecule has 5 aromatic rings. The number of aromatic amines is 2. The van der Waals surface area contributed by atoms with Gasteiger partial charge in [-0.3, -0.25) is 81.5 Å². The van der Waals surface area contributed by atoms with E-state index in [1.807, 2.05) is 13.8 Å². The molecular weight excluding hydrogens is 1730 g/mol. The van der Waals surface area contributed by atoms with Gasteiger partial charge in [0.05, 0.1) is 31.9 Å². The zero-order valence-electron chi connectivity index (χ0n) is 75.8. The lowest BCUT2D eigenvalue weighted by Crippen LogP contribution is -2.61. The minimum atomic E-state index is -2.03. The number of carboxylic acid groups (broad SMARTS) is 1. The number of primary amides is 1. The molecule has 0 bridgehead atoms. The van der Waals surface area contributed by atoms with Crippen molar-refractivity contribution in [2.75, 3.05) is 85.6 Å². The van der Waals surface area contributed by atoms with Crippen molar-refractivity contribution in [1.29, 1.82) is 0 Å². The number of carboxylic acids is 1. The molecular formula is C89H130N22O20S. The topological polar surface area (TPSA) is 638 Å². The maximum atomic E-state index is 15.8. The Labute approximate surface area is 769 Å². The van der Waals surface area contributed by atoms with Crippen LogP contribution in [0.1, 0.15) is 140 Å². The van der Waals surface area contributed by atoms with Gasteiger partial charge in [0.25, 0.3) is 0 Å². The van der Waals surface area contributed by atoms with Gasteiger partial charge in [0.1, 0.15) is 90.3 Å². The Morgan fingerprint density at radius 2 is 1.02 bits per heavy atom. The van der Waals surface area contributed by atoms with E-state index in [0.29, 0.717) is 76.3 Å². The van der Waals surface area contributed by atoms with E-state index in [1.54, 1.807) is 85.2 Å². The molecule has 15 atom stereocenters. The Balaban J connectivity index is 1.19. The molecule has 16 amide bonds. The Kier molecular flexibility index (Phi) is 41.0. The summed E-state index contributed by atoms with van der Waals surface area (Å²) < 4.78 is 5.35. The van der Waals surface area contributed by atoms with Gasteiger partial charge in [0.2, 0.25) is 94.5 Å². The number of ether oxygens (including phenoxy) is 1. The second-order valence-electron chi connectivity index (χ2n) is 33.5. The van der Waals surface area contributed by atoms with Gasteiger partial charge in [0, 0.05) is 106 Å². The lowest BCUT2D eigenvalue weighted by atomic mass is 9.99. The quantitative estimate of drug-likeness (QED) is 0.0220. The monoisotopic (exact) mass is 1860 g/mol. The summed E-state index contributed by atoms with van der Waals surface area (Å²) in [7, 11) is 5.42. The molecule has 722 valence electrons. The number of nitrogens with zero attached hydrogens (tertiary/aromatic N) is 5. The van der Waals surface area contributed by atoms with E-state index in [9.17, 15) is 58.2 Å². The van der Waals surface area contributed by atoms with E-state index in [4.69, 9.17) is 33.4 Å². The molecule has 0 unspecified atom stereocenters. The van der Waals surface area contributed by atoms with Crippen molar-refractivity contribution >= 4 is 134 Å². The van der Waals surface area contributed by atoms with Crippen LogP contribution >= 0.6 is 11.8 Å². The number of methoxy groups -OCH3 is 1. The van der Waals surface area contributed by atoms with Crippen LogP contribution in [0.2, 0.25) is 0 Å². The van der Waals surface area contributed by atoms with Gasteiger partial charge in [0.15, 0.2) is 0 Å². The van der Waals surface area contributed by atoms with Crippen LogP contribution in [-0.4, -0.2) is 321 Å². The smallest absolute Gasteiger partial charge is 0.305 e. The van der Waals surface area contributed by atoms with Crippen molar-refractivity contribution in [3.05, 3.63) is 102 Å². The number of nitrogens with two attached hydrogens (primary N) is 5. The second-order valence-corrected chi connectivity index (χ2v) is 34.6. The number of aromatic nitrogens is 2. The van der Waals surface area contributed by atoms with Crippen LogP contribution in [0.3, 0.4) is 0 Å². The number of hydrogen-bond acceptors (Lipinski definition) is 24. The zero-order valence-corrected chi connectivity index (χ0v) is 76.6. The molecule has 2 aromatic heterocycles. The Hall–Kier alpha value is -12.3. The fourth-order valence-electron chi connectivity index (χ4n) is 16.4. The molecule has 5 heterocycles. The molecule has 24 N–H and O–H groups in total. The van der Waals surface area contributed by atoms with Gasteiger partial charge in [-0.05, 0) is 132 Å². The van der Waals surface area contributed by atoms with Crippen LogP contribution in [-0.2, 0) is 101 Å². The van der Waals surface area contributed by atoms with Gasteiger partial charge in [-0.15, -0.1) is 11.8 Å². The summed E-state index contributed by atoms with van der Waals surface area (Å²) in [5, 5.41) is 49.6. The van der Waals surface area contributed by atoms with Crippen LogP contribution < -0.4 is 86.6 Å². The summed E-state index contributed by atoms with van der Waals surface area (Å²) >= 11 is 0.814. The predicted octanol–water partition coefficient (Wildman–Crippen LogP) is -3.12. The molecule has 8 rings (SSSR count). The lowest BCUT2D eigenvalue weighted by molar-refractivity contribution is -0.149. The molecule has 0 saturated carbocycles. The number of amides is 16. The molecule has 3 aromatic carbocycles. The van der Waals surface area contributed by atoms with Gasteiger partial charge < -0.3 is 131 Å². The average Bonchev–Trinajstić information content (AvgIpc) is 1.55. The molecule has 0 radical (unpaired) electrons. The van der Waals surface area contributed by atoms with E-state index < -0.39 is 229 Å². The number of nitrogens with one attached hydrogen (secondary N) is 12. The maximum Gasteiger partial charge on any atom is 0.305 e. The van der Waals surface area contributed by atoms with E-state index in [-0.39, 0.29) is 109 Å². The van der Waals surface area contributed by atoms with E-state index >= 15 is 33.6 Å². The number of benzene rings is 3. The molecule has 0 aliphatic carbocycles. The first kappa shape index (κ1) is 105. The number of carbonyl (C=O) groups is 17. The van der Waals surface area contributed by atoms with Crippen molar-refractivity contribution in [3.63, 3.8) is 0 Å². The molecule has 43 heteroatoms. The number of fused-ring (bicyclic) bond motifs is 4. The molecule has 0 spiro atoms. The highest BCUT2D eigenvalue weighted by Crippen LogP contribution is 2.28. The van der Waals surface area contributed by atoms with Crippen molar-refractivity contribution in [1.82, 2.24) is 87.6 Å². The minimum absolute atomic E-state index is 0.000169. The average molecular weight is 1860 g/mol. The summed E-state index contributed by atoms with van der Waals surface area (Å²) in [6.07, 6.45) is 1.63. The summed E-state index contributed by atoms with van der Waals surface area (Å²) in [5.74, 6) is -16.6. The number of para-hydroxylation sites is 2. The lowest BCUT2D eigenvalue weighted by Gasteiger charge is -2.36. The molecule has 3 saturated heterocycles. The van der Waals surface area contributed by atoms with Crippen LogP contribution in [0, 0.1) is 0 Å². The number of aliphatic hydroxyl groups excluding tert-OH is 1. The van der Waals surface area contributed by atoms with Gasteiger partial charge in [-0.2, -0.15) is 0 Å². The van der Waals surface area contributed by atoms with Crippen LogP contribution in [0.25, 0.3) is 21.8 Å². The van der Waals surface area contributed by atoms with Crippen LogP contribution in [0.15, 0.2) is 85.2 Å². The van der Waals surface area contributed by atoms with Gasteiger partial charge >= 0.3 is 5.97 Å². The first-order valence-electron chi connectivity index (χ1n) is 44.8. The third-order valence-corrected chi connectivity index (χ3v) is 25.0. The Bertz CT molecular complexity index is 4860. The fraction of sp³-hybridized carbons (Fsp3) is 0.562. The zero-order chi connectivity index (χ0) is 96.6.